The molecule has 0 fully saturated rings. The van der Waals surface area contributed by atoms with E-state index in [9.17, 15) is 8.78 Å². The van der Waals surface area contributed by atoms with E-state index >= 15 is 0 Å². The molecule has 6 heteroatoms. The summed E-state index contributed by atoms with van der Waals surface area (Å²) in [6.45, 7) is 1.57. The maximum Gasteiger partial charge on any atom is 0.126 e. The van der Waals surface area contributed by atoms with E-state index in [1.54, 1.807) is 7.05 Å². The third-order valence-corrected chi connectivity index (χ3v) is 3.20. The predicted octanol–water partition coefficient (Wildman–Crippen LogP) is 0.902. The van der Waals surface area contributed by atoms with Crippen molar-refractivity contribution in [3.63, 3.8) is 0 Å². The zero-order chi connectivity index (χ0) is 15.0. The molecule has 0 amide bonds. The van der Waals surface area contributed by atoms with Gasteiger partial charge in [0.25, 0.3) is 0 Å². The Morgan fingerprint density at radius 3 is 2.05 bits per heavy atom. The van der Waals surface area contributed by atoms with Gasteiger partial charge in [-0.05, 0) is 31.2 Å². The van der Waals surface area contributed by atoms with Crippen LogP contribution in [0.3, 0.4) is 0 Å². The molecule has 0 spiro atoms. The molecule has 0 heterocycles. The van der Waals surface area contributed by atoms with Crippen molar-refractivity contribution < 1.29 is 19.0 Å². The van der Waals surface area contributed by atoms with Gasteiger partial charge in [-0.1, -0.05) is 0 Å². The molecule has 1 atom stereocenters. The maximum atomic E-state index is 13.2. The summed E-state index contributed by atoms with van der Waals surface area (Å²) in [5.74, 6) is -1.19. The maximum absolute atomic E-state index is 13.2. The van der Waals surface area contributed by atoms with Crippen LogP contribution < -0.4 is 5.32 Å². The van der Waals surface area contributed by atoms with Crippen LogP contribution >= 0.6 is 0 Å². The fourth-order valence-electron chi connectivity index (χ4n) is 2.18. The number of nitrogens with zero attached hydrogens (tertiary/aromatic N) is 1. The van der Waals surface area contributed by atoms with Crippen molar-refractivity contribution >= 4 is 0 Å². The van der Waals surface area contributed by atoms with Gasteiger partial charge in [0.15, 0.2) is 0 Å². The van der Waals surface area contributed by atoms with E-state index < -0.39 is 11.6 Å². The molecule has 1 unspecified atom stereocenters. The van der Waals surface area contributed by atoms with Gasteiger partial charge in [-0.25, -0.2) is 8.78 Å². The molecule has 0 bridgehead atoms. The average molecular weight is 288 g/mol. The third kappa shape index (κ3) is 5.50. The quantitative estimate of drug-likeness (QED) is 0.632. The number of hydrogen-bond donors (Lipinski definition) is 3. The Balaban J connectivity index is 2.66. The molecule has 0 aliphatic rings. The molecule has 0 aliphatic carbocycles. The highest BCUT2D eigenvalue weighted by atomic mass is 19.1. The molecule has 0 saturated carbocycles. The van der Waals surface area contributed by atoms with Crippen LogP contribution in [-0.2, 0) is 0 Å². The van der Waals surface area contributed by atoms with Crippen LogP contribution in [0.1, 0.15) is 18.0 Å². The minimum absolute atomic E-state index is 0.0127. The van der Waals surface area contributed by atoms with Crippen LogP contribution in [0.2, 0.25) is 0 Å². The normalized spacial score (nSPS) is 12.9. The Labute approximate surface area is 118 Å². The predicted molar refractivity (Wildman–Crippen MR) is 73.4 cm³/mol. The van der Waals surface area contributed by atoms with Crippen LogP contribution in [-0.4, -0.2) is 55.0 Å². The van der Waals surface area contributed by atoms with Crippen molar-refractivity contribution in [3.8, 4) is 0 Å². The van der Waals surface area contributed by atoms with Crippen molar-refractivity contribution in [1.29, 1.82) is 0 Å². The highest BCUT2D eigenvalue weighted by Gasteiger charge is 2.13. The van der Waals surface area contributed by atoms with E-state index in [4.69, 9.17) is 10.2 Å². The molecule has 4 nitrogen and oxygen atoms in total. The Morgan fingerprint density at radius 1 is 1.05 bits per heavy atom. The van der Waals surface area contributed by atoms with E-state index in [0.717, 1.165) is 6.07 Å². The Hall–Kier alpha value is -1.08. The van der Waals surface area contributed by atoms with Gasteiger partial charge in [0.2, 0.25) is 0 Å². The topological polar surface area (TPSA) is 55.7 Å². The molecular weight excluding hydrogens is 266 g/mol. The molecule has 0 aromatic heterocycles. The van der Waals surface area contributed by atoms with Gasteiger partial charge in [-0.2, -0.15) is 0 Å². The first-order valence-corrected chi connectivity index (χ1v) is 6.68. The molecular formula is C14H22F2N2O2. The van der Waals surface area contributed by atoms with E-state index in [2.05, 4.69) is 5.32 Å². The highest BCUT2D eigenvalue weighted by molar-refractivity contribution is 5.21. The van der Waals surface area contributed by atoms with Crippen molar-refractivity contribution in [3.05, 3.63) is 35.4 Å². The summed E-state index contributed by atoms with van der Waals surface area (Å²) in [7, 11) is 1.73. The van der Waals surface area contributed by atoms with Crippen LogP contribution in [0.25, 0.3) is 0 Å². The lowest BCUT2D eigenvalue weighted by atomic mass is 10.0. The summed E-state index contributed by atoms with van der Waals surface area (Å²) >= 11 is 0. The monoisotopic (exact) mass is 288 g/mol. The van der Waals surface area contributed by atoms with Gasteiger partial charge in [0.05, 0.1) is 13.2 Å². The van der Waals surface area contributed by atoms with Crippen molar-refractivity contribution in [2.24, 2.45) is 0 Å². The molecule has 3 N–H and O–H groups in total. The van der Waals surface area contributed by atoms with E-state index in [0.29, 0.717) is 31.6 Å². The minimum atomic E-state index is -0.595. The first-order valence-electron chi connectivity index (χ1n) is 6.68. The summed E-state index contributed by atoms with van der Waals surface area (Å²) < 4.78 is 26.4. The number of aliphatic hydroxyl groups excluding tert-OH is 2. The molecule has 1 aromatic carbocycles. The Kier molecular flexibility index (Phi) is 7.61. The van der Waals surface area contributed by atoms with Gasteiger partial charge in [0, 0.05) is 31.7 Å². The Bertz CT molecular complexity index is 379. The van der Waals surface area contributed by atoms with Crippen molar-refractivity contribution in [2.75, 3.05) is 39.9 Å². The molecule has 0 saturated heterocycles. The van der Waals surface area contributed by atoms with Crippen LogP contribution in [0.4, 0.5) is 8.78 Å². The number of aliphatic hydroxyl groups is 2. The van der Waals surface area contributed by atoms with Gasteiger partial charge >= 0.3 is 0 Å². The molecule has 0 radical (unpaired) electrons. The number of benzene rings is 1. The molecule has 1 rings (SSSR count). The summed E-state index contributed by atoms with van der Waals surface area (Å²) in [4.78, 5) is 1.90. The standard InChI is InChI=1S/C14H22F2N2O2/c1-17-14(2-3-18(4-6-19)5-7-20)11-8-12(15)10-13(16)9-11/h8-10,14,17,19-20H,2-7H2,1H3. The molecule has 1 aromatic rings. The van der Waals surface area contributed by atoms with Crippen molar-refractivity contribution in [2.45, 2.75) is 12.5 Å². The number of nitrogens with one attached hydrogen (secondary N) is 1. The summed E-state index contributed by atoms with van der Waals surface area (Å²) in [5, 5.41) is 20.9. The van der Waals surface area contributed by atoms with Crippen molar-refractivity contribution in [1.82, 2.24) is 10.2 Å². The molecule has 20 heavy (non-hydrogen) atoms. The molecule has 0 aliphatic heterocycles. The Morgan fingerprint density at radius 2 is 1.60 bits per heavy atom. The van der Waals surface area contributed by atoms with Crippen LogP contribution in [0.15, 0.2) is 18.2 Å². The second-order valence-corrected chi connectivity index (χ2v) is 4.62. The van der Waals surface area contributed by atoms with E-state index in [-0.39, 0.29) is 19.3 Å². The fraction of sp³-hybridized carbons (Fsp3) is 0.571. The summed E-state index contributed by atoms with van der Waals surface area (Å²) in [6, 6.07) is 3.29. The second kappa shape index (κ2) is 8.97. The lowest BCUT2D eigenvalue weighted by Gasteiger charge is -2.24. The zero-order valence-corrected chi connectivity index (χ0v) is 11.6. The number of halogens is 2. The SMILES string of the molecule is CNC(CCN(CCO)CCO)c1cc(F)cc(F)c1. The minimum Gasteiger partial charge on any atom is -0.395 e. The van der Waals surface area contributed by atoms with Crippen LogP contribution in [0.5, 0.6) is 0 Å². The first kappa shape index (κ1) is 17.0. The van der Waals surface area contributed by atoms with E-state index in [1.165, 1.54) is 12.1 Å². The van der Waals surface area contributed by atoms with Gasteiger partial charge in [-0.3, -0.25) is 4.90 Å². The van der Waals surface area contributed by atoms with Gasteiger partial charge < -0.3 is 15.5 Å². The lowest BCUT2D eigenvalue weighted by molar-refractivity contribution is 0.156. The zero-order valence-electron chi connectivity index (χ0n) is 11.6. The summed E-state index contributed by atoms with van der Waals surface area (Å²) in [6.07, 6.45) is 0.624. The number of rotatable bonds is 9. The number of hydrogen-bond acceptors (Lipinski definition) is 4. The lowest BCUT2D eigenvalue weighted by Crippen LogP contribution is -2.33. The second-order valence-electron chi connectivity index (χ2n) is 4.62. The highest BCUT2D eigenvalue weighted by Crippen LogP contribution is 2.19. The first-order chi connectivity index (χ1) is 9.60. The van der Waals surface area contributed by atoms with Gasteiger partial charge in [0.1, 0.15) is 11.6 Å². The fourth-order valence-corrected chi connectivity index (χ4v) is 2.18. The van der Waals surface area contributed by atoms with Gasteiger partial charge in [-0.15, -0.1) is 0 Å². The van der Waals surface area contributed by atoms with Crippen LogP contribution in [0, 0.1) is 11.6 Å². The average Bonchev–Trinajstić information content (AvgIpc) is 2.38. The molecule has 114 valence electrons. The largest absolute Gasteiger partial charge is 0.395 e. The summed E-state index contributed by atoms with van der Waals surface area (Å²) in [5.41, 5.74) is 0.554. The third-order valence-electron chi connectivity index (χ3n) is 3.20. The smallest absolute Gasteiger partial charge is 0.126 e. The van der Waals surface area contributed by atoms with E-state index in [1.807, 2.05) is 4.90 Å².